The molecule has 0 unspecified atom stereocenters. The molecule has 0 aliphatic heterocycles. The summed E-state index contributed by atoms with van der Waals surface area (Å²) in [4.78, 5) is 24.4. The number of hydrogen-bond acceptors (Lipinski definition) is 5. The number of aliphatic hydroxyl groups is 2. The second kappa shape index (κ2) is 6.78. The summed E-state index contributed by atoms with van der Waals surface area (Å²) in [5, 5.41) is 19.7. The smallest absolute Gasteiger partial charge is 0.197 e. The quantitative estimate of drug-likeness (QED) is 0.786. The van der Waals surface area contributed by atoms with Gasteiger partial charge in [0, 0.05) is 5.56 Å². The third-order valence-corrected chi connectivity index (χ3v) is 3.59. The largest absolute Gasteiger partial charge is 0.457 e. The minimum absolute atomic E-state index is 0.270. The fraction of sp³-hybridized carbons (Fsp3) is 0.300. The third-order valence-electron chi connectivity index (χ3n) is 3.59. The van der Waals surface area contributed by atoms with Gasteiger partial charge in [-0.15, -0.1) is 0 Å². The minimum Gasteiger partial charge on any atom is -0.457 e. The normalized spacial score (nSPS) is 11.9. The van der Waals surface area contributed by atoms with Crippen LogP contribution < -0.4 is 4.74 Å². The molecule has 5 heteroatoms. The summed E-state index contributed by atoms with van der Waals surface area (Å²) >= 11 is 0. The molecule has 0 aromatic heterocycles. The minimum atomic E-state index is -1.51. The van der Waals surface area contributed by atoms with Gasteiger partial charge in [-0.25, -0.2) is 0 Å². The van der Waals surface area contributed by atoms with Crippen LogP contribution in [0.1, 0.15) is 48.4 Å². The fourth-order valence-electron chi connectivity index (χ4n) is 2.23. The number of hydrogen-bond donors (Lipinski definition) is 2. The number of carbonyl (C=O) groups excluding carboxylic acids is 2. The van der Waals surface area contributed by atoms with Crippen LogP contribution in [0.5, 0.6) is 11.5 Å². The highest BCUT2D eigenvalue weighted by Gasteiger charge is 2.28. The Kier molecular flexibility index (Phi) is 5.11. The zero-order valence-corrected chi connectivity index (χ0v) is 14.7. The monoisotopic (exact) mass is 342 g/mol. The van der Waals surface area contributed by atoms with E-state index in [0.29, 0.717) is 17.1 Å². The van der Waals surface area contributed by atoms with Gasteiger partial charge in [-0.3, -0.25) is 9.59 Å². The number of ketones is 2. The van der Waals surface area contributed by atoms with Crippen LogP contribution in [-0.2, 0) is 0 Å². The summed E-state index contributed by atoms with van der Waals surface area (Å²) in [6.07, 6.45) is 0. The van der Waals surface area contributed by atoms with Crippen LogP contribution in [0.3, 0.4) is 0 Å². The van der Waals surface area contributed by atoms with Crippen molar-refractivity contribution in [2.75, 3.05) is 0 Å². The summed E-state index contributed by atoms with van der Waals surface area (Å²) in [6.45, 7) is 5.70. The zero-order chi connectivity index (χ0) is 18.8. The van der Waals surface area contributed by atoms with E-state index >= 15 is 0 Å². The Morgan fingerprint density at radius 3 is 1.84 bits per heavy atom. The highest BCUT2D eigenvalue weighted by atomic mass is 16.5. The molecule has 2 aromatic carbocycles. The van der Waals surface area contributed by atoms with Crippen LogP contribution in [0.2, 0.25) is 0 Å². The number of rotatable bonds is 6. The maximum Gasteiger partial charge on any atom is 0.197 e. The highest BCUT2D eigenvalue weighted by Crippen LogP contribution is 2.28. The van der Waals surface area contributed by atoms with Gasteiger partial charge < -0.3 is 14.9 Å². The van der Waals surface area contributed by atoms with E-state index < -0.39 is 22.8 Å². The summed E-state index contributed by atoms with van der Waals surface area (Å²) < 4.78 is 5.74. The van der Waals surface area contributed by atoms with E-state index in [1.165, 1.54) is 27.7 Å². The van der Waals surface area contributed by atoms with E-state index in [1.54, 1.807) is 48.5 Å². The Balaban J connectivity index is 2.27. The molecule has 0 atom stereocenters. The Labute approximate surface area is 146 Å². The maximum atomic E-state index is 12.3. The molecule has 0 aliphatic rings. The third kappa shape index (κ3) is 4.53. The standard InChI is InChI=1S/C20H22O5/c1-19(2,23)17(21)13-9-11-14(12-10-13)25-16-8-6-5-7-15(16)18(22)20(3,4)24/h5-12,23-24H,1-4H3. The first-order valence-corrected chi connectivity index (χ1v) is 7.91. The Bertz CT molecular complexity index is 777. The number of benzene rings is 2. The zero-order valence-electron chi connectivity index (χ0n) is 14.7. The lowest BCUT2D eigenvalue weighted by Crippen LogP contribution is -2.31. The number of carbonyl (C=O) groups is 2. The van der Waals surface area contributed by atoms with E-state index in [4.69, 9.17) is 4.74 Å². The summed E-state index contributed by atoms with van der Waals surface area (Å²) in [5.41, 5.74) is -2.33. The molecular weight excluding hydrogens is 320 g/mol. The molecule has 2 aromatic rings. The first-order chi connectivity index (χ1) is 11.5. The van der Waals surface area contributed by atoms with Crippen LogP contribution in [0, 0.1) is 0 Å². The van der Waals surface area contributed by atoms with Gasteiger partial charge in [-0.2, -0.15) is 0 Å². The molecule has 0 aliphatic carbocycles. The number of Topliss-reactive ketones (excluding diaryl/α,β-unsaturated/α-hetero) is 2. The van der Waals surface area contributed by atoms with Crippen LogP contribution in [-0.4, -0.2) is 33.0 Å². The number of ether oxygens (including phenoxy) is 1. The molecule has 2 N–H and O–H groups in total. The molecular formula is C20H22O5. The summed E-state index contributed by atoms with van der Waals surface area (Å²) in [6, 6.07) is 12.9. The molecule has 25 heavy (non-hydrogen) atoms. The molecule has 5 nitrogen and oxygen atoms in total. The van der Waals surface area contributed by atoms with Gasteiger partial charge in [0.25, 0.3) is 0 Å². The molecule has 0 radical (unpaired) electrons. The Morgan fingerprint density at radius 2 is 1.32 bits per heavy atom. The van der Waals surface area contributed by atoms with E-state index in [1.807, 2.05) is 0 Å². The molecule has 0 saturated heterocycles. The lowest BCUT2D eigenvalue weighted by Gasteiger charge is -2.18. The summed E-state index contributed by atoms with van der Waals surface area (Å²) in [7, 11) is 0. The van der Waals surface area contributed by atoms with Gasteiger partial charge in [0.1, 0.15) is 22.7 Å². The van der Waals surface area contributed by atoms with E-state index in [0.717, 1.165) is 0 Å². The van der Waals surface area contributed by atoms with E-state index in [-0.39, 0.29) is 5.56 Å². The average Bonchev–Trinajstić information content (AvgIpc) is 2.53. The van der Waals surface area contributed by atoms with Gasteiger partial charge in [0.2, 0.25) is 0 Å². The predicted octanol–water partition coefficient (Wildman–Crippen LogP) is 3.39. The van der Waals surface area contributed by atoms with Crippen LogP contribution in [0.4, 0.5) is 0 Å². The second-order valence-corrected chi connectivity index (χ2v) is 6.90. The molecule has 0 fully saturated rings. The van der Waals surface area contributed by atoms with Crippen molar-refractivity contribution in [3.05, 3.63) is 59.7 Å². The van der Waals surface area contributed by atoms with Crippen LogP contribution in [0.15, 0.2) is 48.5 Å². The van der Waals surface area contributed by atoms with Crippen LogP contribution >= 0.6 is 0 Å². The highest BCUT2D eigenvalue weighted by molar-refractivity contribution is 6.04. The average molecular weight is 342 g/mol. The molecule has 0 saturated carbocycles. The van der Waals surface area contributed by atoms with Crippen molar-refractivity contribution in [3.8, 4) is 11.5 Å². The first kappa shape index (κ1) is 18.8. The topological polar surface area (TPSA) is 83.8 Å². The van der Waals surface area contributed by atoms with Crippen molar-refractivity contribution >= 4 is 11.6 Å². The second-order valence-electron chi connectivity index (χ2n) is 6.90. The van der Waals surface area contributed by atoms with Crippen molar-refractivity contribution in [3.63, 3.8) is 0 Å². The maximum absolute atomic E-state index is 12.3. The number of para-hydroxylation sites is 1. The Hall–Kier alpha value is -2.50. The van der Waals surface area contributed by atoms with E-state index in [9.17, 15) is 19.8 Å². The van der Waals surface area contributed by atoms with Gasteiger partial charge >= 0.3 is 0 Å². The molecule has 0 heterocycles. The van der Waals surface area contributed by atoms with E-state index in [2.05, 4.69) is 0 Å². The van der Waals surface area contributed by atoms with Crippen LogP contribution in [0.25, 0.3) is 0 Å². The summed E-state index contributed by atoms with van der Waals surface area (Å²) in [5.74, 6) is -0.0898. The van der Waals surface area contributed by atoms with Crippen molar-refractivity contribution in [1.82, 2.24) is 0 Å². The van der Waals surface area contributed by atoms with Crippen molar-refractivity contribution in [2.45, 2.75) is 38.9 Å². The van der Waals surface area contributed by atoms with Crippen molar-refractivity contribution < 1.29 is 24.5 Å². The van der Waals surface area contributed by atoms with Gasteiger partial charge in [0.05, 0.1) is 5.56 Å². The fourth-order valence-corrected chi connectivity index (χ4v) is 2.23. The molecule has 0 amide bonds. The molecule has 132 valence electrons. The molecule has 0 bridgehead atoms. The lowest BCUT2D eigenvalue weighted by molar-refractivity contribution is 0.0485. The van der Waals surface area contributed by atoms with Gasteiger partial charge in [-0.05, 0) is 64.1 Å². The first-order valence-electron chi connectivity index (χ1n) is 7.91. The van der Waals surface area contributed by atoms with Crippen molar-refractivity contribution in [1.29, 1.82) is 0 Å². The van der Waals surface area contributed by atoms with Crippen molar-refractivity contribution in [2.24, 2.45) is 0 Å². The lowest BCUT2D eigenvalue weighted by atomic mass is 9.96. The van der Waals surface area contributed by atoms with Gasteiger partial charge in [-0.1, -0.05) is 12.1 Å². The SMILES string of the molecule is CC(C)(O)C(=O)c1ccc(Oc2ccccc2C(=O)C(C)(C)O)cc1. The Morgan fingerprint density at radius 1 is 0.800 bits per heavy atom. The molecule has 0 spiro atoms. The predicted molar refractivity (Wildman–Crippen MR) is 94.2 cm³/mol. The van der Waals surface area contributed by atoms with Gasteiger partial charge in [0.15, 0.2) is 11.6 Å². The molecule has 2 rings (SSSR count).